The number of amidine groups is 1. The molecule has 0 radical (unpaired) electrons. The number of carbonyl (C=O) groups excluding carboxylic acids is 1. The van der Waals surface area contributed by atoms with E-state index in [1.165, 1.54) is 46.8 Å². The summed E-state index contributed by atoms with van der Waals surface area (Å²) in [6, 6.07) is 22.4. The quantitative estimate of drug-likeness (QED) is 0.260. The predicted octanol–water partition coefficient (Wildman–Crippen LogP) is 6.93. The van der Waals surface area contributed by atoms with Crippen LogP contribution >= 0.6 is 11.8 Å². The van der Waals surface area contributed by atoms with Crippen molar-refractivity contribution < 1.29 is 9.53 Å². The number of benzene rings is 3. The molecular formula is C32H32N4O2S. The van der Waals surface area contributed by atoms with Crippen LogP contribution in [0.1, 0.15) is 29.5 Å². The Morgan fingerprint density at radius 3 is 2.62 bits per heavy atom. The molecule has 2 aliphatic heterocycles. The number of H-pyrrole nitrogens is 1. The molecule has 1 aromatic heterocycles. The van der Waals surface area contributed by atoms with Crippen molar-refractivity contribution in [2.24, 2.45) is 4.99 Å². The van der Waals surface area contributed by atoms with Gasteiger partial charge in [-0.15, -0.1) is 0 Å². The van der Waals surface area contributed by atoms with Gasteiger partial charge in [0.25, 0.3) is 5.91 Å². The summed E-state index contributed by atoms with van der Waals surface area (Å²) in [5.74, 6) is 0.772. The first-order chi connectivity index (χ1) is 19.1. The van der Waals surface area contributed by atoms with Gasteiger partial charge in [0.05, 0.1) is 17.7 Å². The van der Waals surface area contributed by atoms with Gasteiger partial charge in [-0.3, -0.25) is 9.69 Å². The number of thioether (sulfide) groups is 1. The second-order valence-electron chi connectivity index (χ2n) is 10.0. The number of amides is 1. The third-order valence-corrected chi connectivity index (χ3v) is 8.48. The molecule has 6 rings (SSSR count). The standard InChI is InChI=1S/C32H32N4O2S/c1-22-19-26(35-16-5-6-17-35)12-9-23(22)20-30-31(37)36(18-15-24-21-33-29-8-4-3-7-28(24)29)32(39-30)34-25-10-13-27(38-2)14-11-25/h3-4,7-14,19-21,33H,5-6,15-18H2,1-2H3/b30-20-,34-32?. The molecule has 0 aliphatic carbocycles. The molecule has 0 saturated carbocycles. The number of nitrogens with zero attached hydrogens (tertiary/aromatic N) is 3. The van der Waals surface area contributed by atoms with Gasteiger partial charge in [-0.25, -0.2) is 4.99 Å². The molecule has 6 nitrogen and oxygen atoms in total. The molecule has 0 atom stereocenters. The van der Waals surface area contributed by atoms with Crippen molar-refractivity contribution in [3.8, 4) is 5.75 Å². The fourth-order valence-corrected chi connectivity index (χ4v) is 6.28. The molecule has 1 N–H and O–H groups in total. The number of para-hydroxylation sites is 1. The molecule has 1 amide bonds. The van der Waals surface area contributed by atoms with E-state index < -0.39 is 0 Å². The molecular weight excluding hydrogens is 504 g/mol. The third kappa shape index (κ3) is 5.32. The number of aromatic amines is 1. The molecule has 3 aromatic carbocycles. The van der Waals surface area contributed by atoms with Crippen molar-refractivity contribution in [1.82, 2.24) is 9.88 Å². The fraction of sp³-hybridized carbons (Fsp3) is 0.250. The van der Waals surface area contributed by atoms with Gasteiger partial charge in [-0.2, -0.15) is 0 Å². The maximum Gasteiger partial charge on any atom is 0.266 e. The number of fused-ring (bicyclic) bond motifs is 1. The summed E-state index contributed by atoms with van der Waals surface area (Å²) in [4.78, 5) is 26.9. The monoisotopic (exact) mass is 536 g/mol. The summed E-state index contributed by atoms with van der Waals surface area (Å²) in [5, 5.41) is 1.89. The van der Waals surface area contributed by atoms with Gasteiger partial charge in [-0.05, 0) is 103 Å². The zero-order chi connectivity index (χ0) is 26.8. The topological polar surface area (TPSA) is 60.9 Å². The minimum atomic E-state index is -0.00452. The van der Waals surface area contributed by atoms with Crippen LogP contribution in [0.4, 0.5) is 11.4 Å². The number of nitrogens with one attached hydrogen (secondary N) is 1. The molecule has 2 fully saturated rings. The Morgan fingerprint density at radius 2 is 1.85 bits per heavy atom. The van der Waals surface area contributed by atoms with Gasteiger partial charge in [0, 0.05) is 42.4 Å². The van der Waals surface area contributed by atoms with Crippen LogP contribution in [0.3, 0.4) is 0 Å². The molecule has 2 aliphatic rings. The van der Waals surface area contributed by atoms with Crippen molar-refractivity contribution in [2.45, 2.75) is 26.2 Å². The van der Waals surface area contributed by atoms with Crippen LogP contribution in [0.2, 0.25) is 0 Å². The van der Waals surface area contributed by atoms with Crippen LogP contribution in [0.15, 0.2) is 82.8 Å². The number of aryl methyl sites for hydroxylation is 1. The number of aromatic nitrogens is 1. The first-order valence-corrected chi connectivity index (χ1v) is 14.3. The number of hydrogen-bond acceptors (Lipinski definition) is 5. The predicted molar refractivity (Wildman–Crippen MR) is 162 cm³/mol. The van der Waals surface area contributed by atoms with Crippen LogP contribution in [-0.4, -0.2) is 47.7 Å². The Morgan fingerprint density at radius 1 is 1.05 bits per heavy atom. The zero-order valence-corrected chi connectivity index (χ0v) is 23.1. The highest BCUT2D eigenvalue weighted by Gasteiger charge is 2.33. The van der Waals surface area contributed by atoms with Crippen molar-refractivity contribution in [2.75, 3.05) is 31.6 Å². The molecule has 7 heteroatoms. The highest BCUT2D eigenvalue weighted by molar-refractivity contribution is 8.18. The van der Waals surface area contributed by atoms with E-state index in [4.69, 9.17) is 9.73 Å². The molecule has 198 valence electrons. The van der Waals surface area contributed by atoms with Gasteiger partial charge in [0.15, 0.2) is 5.17 Å². The maximum absolute atomic E-state index is 13.7. The van der Waals surface area contributed by atoms with E-state index in [9.17, 15) is 4.79 Å². The number of ether oxygens (including phenoxy) is 1. The van der Waals surface area contributed by atoms with Crippen LogP contribution in [0.25, 0.3) is 17.0 Å². The summed E-state index contributed by atoms with van der Waals surface area (Å²) in [5.41, 5.74) is 6.59. The van der Waals surface area contributed by atoms with E-state index in [1.807, 2.05) is 53.6 Å². The second kappa shape index (κ2) is 11.0. The van der Waals surface area contributed by atoms with Gasteiger partial charge in [-0.1, -0.05) is 24.3 Å². The number of rotatable bonds is 7. The molecule has 39 heavy (non-hydrogen) atoms. The van der Waals surface area contributed by atoms with E-state index in [0.717, 1.165) is 42.0 Å². The number of aliphatic imine (C=N–C) groups is 1. The van der Waals surface area contributed by atoms with Gasteiger partial charge in [0.2, 0.25) is 0 Å². The molecule has 0 bridgehead atoms. The summed E-state index contributed by atoms with van der Waals surface area (Å²) >= 11 is 1.44. The lowest BCUT2D eigenvalue weighted by Gasteiger charge is -2.18. The third-order valence-electron chi connectivity index (χ3n) is 7.48. The molecule has 4 aromatic rings. The van der Waals surface area contributed by atoms with Crippen LogP contribution in [-0.2, 0) is 11.2 Å². The van der Waals surface area contributed by atoms with Crippen LogP contribution in [0.5, 0.6) is 5.75 Å². The van der Waals surface area contributed by atoms with E-state index in [-0.39, 0.29) is 5.91 Å². The minimum absolute atomic E-state index is 0.00452. The number of anilines is 1. The minimum Gasteiger partial charge on any atom is -0.497 e. The van der Waals surface area contributed by atoms with Crippen LogP contribution in [0, 0.1) is 6.92 Å². The van der Waals surface area contributed by atoms with Crippen molar-refractivity contribution in [3.63, 3.8) is 0 Å². The largest absolute Gasteiger partial charge is 0.497 e. The van der Waals surface area contributed by atoms with E-state index >= 15 is 0 Å². The first kappa shape index (κ1) is 25.3. The van der Waals surface area contributed by atoms with E-state index in [2.05, 4.69) is 47.1 Å². The van der Waals surface area contributed by atoms with Crippen LogP contribution < -0.4 is 9.64 Å². The summed E-state index contributed by atoms with van der Waals surface area (Å²) in [6.07, 6.45) is 7.29. The lowest BCUT2D eigenvalue weighted by Crippen LogP contribution is -2.31. The van der Waals surface area contributed by atoms with Gasteiger partial charge in [0.1, 0.15) is 5.75 Å². The highest BCUT2D eigenvalue weighted by atomic mass is 32.2. The average molecular weight is 537 g/mol. The lowest BCUT2D eigenvalue weighted by atomic mass is 10.1. The Hall–Kier alpha value is -3.97. The van der Waals surface area contributed by atoms with E-state index in [0.29, 0.717) is 16.6 Å². The normalized spacial score (nSPS) is 17.7. The van der Waals surface area contributed by atoms with Crippen molar-refractivity contribution >= 4 is 51.2 Å². The number of methoxy groups -OCH3 is 1. The lowest BCUT2D eigenvalue weighted by molar-refractivity contribution is -0.122. The summed E-state index contributed by atoms with van der Waals surface area (Å²) in [6.45, 7) is 4.90. The summed E-state index contributed by atoms with van der Waals surface area (Å²) in [7, 11) is 1.65. The second-order valence-corrected chi connectivity index (χ2v) is 11.0. The Labute approximate surface area is 233 Å². The highest BCUT2D eigenvalue weighted by Crippen LogP contribution is 2.36. The SMILES string of the molecule is COc1ccc(N=C2S/C(=C\c3ccc(N4CCCC4)cc3C)C(=O)N2CCc2c[nH]c3ccccc23)cc1. The fourth-order valence-electron chi connectivity index (χ4n) is 5.26. The Bertz CT molecular complexity index is 1560. The first-order valence-electron chi connectivity index (χ1n) is 13.4. The molecule has 0 spiro atoms. The number of hydrogen-bond donors (Lipinski definition) is 1. The summed E-state index contributed by atoms with van der Waals surface area (Å²) < 4.78 is 5.29. The van der Waals surface area contributed by atoms with Gasteiger partial charge >= 0.3 is 0 Å². The van der Waals surface area contributed by atoms with Gasteiger partial charge < -0.3 is 14.6 Å². The zero-order valence-electron chi connectivity index (χ0n) is 22.3. The van der Waals surface area contributed by atoms with Crippen molar-refractivity contribution in [1.29, 1.82) is 0 Å². The Kier molecular flexibility index (Phi) is 7.16. The smallest absolute Gasteiger partial charge is 0.266 e. The van der Waals surface area contributed by atoms with Crippen molar-refractivity contribution in [3.05, 3.63) is 94.5 Å². The maximum atomic E-state index is 13.7. The number of carbonyl (C=O) groups is 1. The molecule has 0 unspecified atom stereocenters. The molecule has 3 heterocycles. The average Bonchev–Trinajstić information content (AvgIpc) is 3.70. The Balaban J connectivity index is 1.29. The van der Waals surface area contributed by atoms with E-state index in [1.54, 1.807) is 7.11 Å². The molecule has 2 saturated heterocycles.